The Morgan fingerprint density at radius 2 is 1.57 bits per heavy atom. The summed E-state index contributed by atoms with van der Waals surface area (Å²) in [6.45, 7) is 0. The second-order valence-electron chi connectivity index (χ2n) is 6.06. The van der Waals surface area contributed by atoms with Crippen LogP contribution in [0.3, 0.4) is 0 Å². The number of carbonyl (C=O) groups excluding carboxylic acids is 1. The first-order valence-electron chi connectivity index (χ1n) is 8.20. The van der Waals surface area contributed by atoms with E-state index in [1.54, 1.807) is 60.7 Å². The fourth-order valence-electron chi connectivity index (χ4n) is 2.74. The molecule has 3 rings (SSSR count). The number of alkyl halides is 3. The van der Waals surface area contributed by atoms with Crippen molar-refractivity contribution in [2.45, 2.75) is 24.5 Å². The first-order chi connectivity index (χ1) is 13.2. The molecule has 0 aromatic heterocycles. The Hall–Kier alpha value is -2.81. The maximum Gasteiger partial charge on any atom is 0.534 e. The minimum atomic E-state index is -5.92. The molecule has 9 heteroatoms. The van der Waals surface area contributed by atoms with Crippen LogP contribution in [0.2, 0.25) is 0 Å². The molecule has 0 saturated carbocycles. The van der Waals surface area contributed by atoms with Crippen LogP contribution >= 0.6 is 0 Å². The van der Waals surface area contributed by atoms with Gasteiger partial charge in [0.15, 0.2) is 0 Å². The van der Waals surface area contributed by atoms with Crippen LogP contribution in [0.15, 0.2) is 72.0 Å². The average molecular weight is 412 g/mol. The molecule has 5 nitrogen and oxygen atoms in total. The normalized spacial score (nSPS) is 18.0. The van der Waals surface area contributed by atoms with E-state index in [4.69, 9.17) is 4.74 Å². The maximum absolute atomic E-state index is 12.8. The highest BCUT2D eigenvalue weighted by atomic mass is 32.2. The van der Waals surface area contributed by atoms with E-state index >= 15 is 0 Å². The van der Waals surface area contributed by atoms with E-state index in [1.807, 2.05) is 0 Å². The summed E-state index contributed by atoms with van der Waals surface area (Å²) in [6.07, 6.45) is -1.40. The van der Waals surface area contributed by atoms with Gasteiger partial charge in [0.1, 0.15) is 11.9 Å². The number of cyclic esters (lactones) is 1. The summed E-state index contributed by atoms with van der Waals surface area (Å²) in [6, 6.07) is 16.7. The number of ether oxygens (including phenoxy) is 1. The van der Waals surface area contributed by atoms with E-state index in [2.05, 4.69) is 4.18 Å². The molecule has 0 aliphatic carbocycles. The predicted octanol–water partition coefficient (Wildman–Crippen LogP) is 4.04. The van der Waals surface area contributed by atoms with Gasteiger partial charge in [0.2, 0.25) is 0 Å². The number of benzene rings is 2. The first kappa shape index (κ1) is 19.9. The van der Waals surface area contributed by atoms with Gasteiger partial charge in [0.05, 0.1) is 5.57 Å². The number of halogens is 3. The van der Waals surface area contributed by atoms with Gasteiger partial charge < -0.3 is 8.92 Å². The predicted molar refractivity (Wildman–Crippen MR) is 93.1 cm³/mol. The van der Waals surface area contributed by atoms with Crippen LogP contribution in [0.5, 0.6) is 0 Å². The maximum atomic E-state index is 12.8. The van der Waals surface area contributed by atoms with Crippen molar-refractivity contribution in [3.8, 4) is 0 Å². The molecule has 1 aliphatic heterocycles. The van der Waals surface area contributed by atoms with Gasteiger partial charge in [-0.2, -0.15) is 21.6 Å². The van der Waals surface area contributed by atoms with Crippen LogP contribution < -0.4 is 0 Å². The second-order valence-corrected chi connectivity index (χ2v) is 7.59. The second kappa shape index (κ2) is 7.67. The van der Waals surface area contributed by atoms with Gasteiger partial charge in [-0.3, -0.25) is 0 Å². The van der Waals surface area contributed by atoms with Gasteiger partial charge in [-0.1, -0.05) is 60.7 Å². The van der Waals surface area contributed by atoms with Crippen LogP contribution in [-0.4, -0.2) is 19.9 Å². The Kier molecular flexibility index (Phi) is 5.46. The van der Waals surface area contributed by atoms with Crippen LogP contribution in [-0.2, 0) is 30.3 Å². The highest BCUT2D eigenvalue weighted by molar-refractivity contribution is 7.87. The Labute approximate surface area is 159 Å². The van der Waals surface area contributed by atoms with Gasteiger partial charge >= 0.3 is 21.6 Å². The third-order valence-corrected chi connectivity index (χ3v) is 5.08. The molecule has 1 atom stereocenters. The first-order valence-corrected chi connectivity index (χ1v) is 9.61. The summed E-state index contributed by atoms with van der Waals surface area (Å²) in [4.78, 5) is 12.5. The topological polar surface area (TPSA) is 69.7 Å². The lowest BCUT2D eigenvalue weighted by Gasteiger charge is -2.27. The molecular formula is C19H15F3O5S. The van der Waals surface area contributed by atoms with Crippen molar-refractivity contribution >= 4 is 16.1 Å². The SMILES string of the molecule is O=C1O[C@@H](c2ccccc2)CC(OS(=O)(=O)C(F)(F)F)=C1Cc1ccccc1. The van der Waals surface area contributed by atoms with Crippen molar-refractivity contribution in [2.24, 2.45) is 0 Å². The lowest BCUT2D eigenvalue weighted by molar-refractivity contribution is -0.147. The highest BCUT2D eigenvalue weighted by Gasteiger charge is 2.50. The van der Waals surface area contributed by atoms with Gasteiger partial charge in [-0.25, -0.2) is 4.79 Å². The van der Waals surface area contributed by atoms with E-state index in [-0.39, 0.29) is 18.4 Å². The molecule has 28 heavy (non-hydrogen) atoms. The zero-order valence-corrected chi connectivity index (χ0v) is 15.2. The van der Waals surface area contributed by atoms with E-state index < -0.39 is 33.5 Å². The van der Waals surface area contributed by atoms with Gasteiger partial charge in [0, 0.05) is 12.8 Å². The molecule has 0 amide bonds. The van der Waals surface area contributed by atoms with Crippen LogP contribution in [0.1, 0.15) is 23.7 Å². The molecule has 0 fully saturated rings. The number of carbonyl (C=O) groups is 1. The van der Waals surface area contributed by atoms with Gasteiger partial charge in [-0.05, 0) is 11.1 Å². The molecule has 0 radical (unpaired) electrons. The third kappa shape index (κ3) is 4.36. The molecule has 0 N–H and O–H groups in total. The molecular weight excluding hydrogens is 397 g/mol. The van der Waals surface area contributed by atoms with E-state index in [0.717, 1.165) is 0 Å². The summed E-state index contributed by atoms with van der Waals surface area (Å²) in [5, 5.41) is 0. The van der Waals surface area contributed by atoms with Gasteiger partial charge in [-0.15, -0.1) is 0 Å². The molecule has 2 aromatic carbocycles. The van der Waals surface area contributed by atoms with Crippen LogP contribution in [0, 0.1) is 0 Å². The molecule has 148 valence electrons. The third-order valence-electron chi connectivity index (χ3n) is 4.09. The summed E-state index contributed by atoms with van der Waals surface area (Å²) in [7, 11) is -5.92. The number of esters is 1. The minimum Gasteiger partial charge on any atom is -0.454 e. The minimum absolute atomic E-state index is 0.121. The van der Waals surface area contributed by atoms with Crippen LogP contribution in [0.4, 0.5) is 13.2 Å². The molecule has 1 aliphatic rings. The zero-order valence-electron chi connectivity index (χ0n) is 14.3. The van der Waals surface area contributed by atoms with Gasteiger partial charge in [0.25, 0.3) is 0 Å². The van der Waals surface area contributed by atoms with E-state index in [1.165, 1.54) is 0 Å². The van der Waals surface area contributed by atoms with E-state index in [9.17, 15) is 26.4 Å². The number of rotatable bonds is 5. The van der Waals surface area contributed by atoms with Crippen LogP contribution in [0.25, 0.3) is 0 Å². The molecule has 0 spiro atoms. The quantitative estimate of drug-likeness (QED) is 0.421. The average Bonchev–Trinajstić information content (AvgIpc) is 2.64. The smallest absolute Gasteiger partial charge is 0.454 e. The summed E-state index contributed by atoms with van der Waals surface area (Å²) >= 11 is 0. The molecule has 2 aromatic rings. The lowest BCUT2D eigenvalue weighted by Crippen LogP contribution is -2.30. The summed E-state index contributed by atoms with van der Waals surface area (Å²) in [5.74, 6) is -1.48. The zero-order chi connectivity index (χ0) is 20.4. The van der Waals surface area contributed by atoms with Crippen molar-refractivity contribution in [2.75, 3.05) is 0 Å². The summed E-state index contributed by atoms with van der Waals surface area (Å²) in [5.41, 5.74) is -4.76. The largest absolute Gasteiger partial charge is 0.534 e. The lowest BCUT2D eigenvalue weighted by atomic mass is 9.96. The monoisotopic (exact) mass is 412 g/mol. The molecule has 0 bridgehead atoms. The fraction of sp³-hybridized carbons (Fsp3) is 0.211. The fourth-order valence-corrected chi connectivity index (χ4v) is 3.26. The molecule has 1 heterocycles. The Morgan fingerprint density at radius 3 is 2.14 bits per heavy atom. The summed E-state index contributed by atoms with van der Waals surface area (Å²) < 4.78 is 71.2. The molecule has 0 saturated heterocycles. The number of hydrogen-bond donors (Lipinski definition) is 0. The number of hydrogen-bond acceptors (Lipinski definition) is 5. The molecule has 0 unspecified atom stereocenters. The highest BCUT2D eigenvalue weighted by Crippen LogP contribution is 2.37. The van der Waals surface area contributed by atoms with Crippen molar-refractivity contribution in [3.63, 3.8) is 0 Å². The Bertz CT molecular complexity index is 983. The van der Waals surface area contributed by atoms with Crippen molar-refractivity contribution in [1.82, 2.24) is 0 Å². The van der Waals surface area contributed by atoms with Crippen molar-refractivity contribution < 1.29 is 35.3 Å². The van der Waals surface area contributed by atoms with E-state index in [0.29, 0.717) is 11.1 Å². The van der Waals surface area contributed by atoms with Crippen molar-refractivity contribution in [3.05, 3.63) is 83.1 Å². The van der Waals surface area contributed by atoms with Crippen molar-refractivity contribution in [1.29, 1.82) is 0 Å². The Morgan fingerprint density at radius 1 is 1.00 bits per heavy atom. The standard InChI is InChI=1S/C19H15F3O5S/c20-19(21,22)28(24,25)27-17-12-16(14-9-5-2-6-10-14)26-18(23)15(17)11-13-7-3-1-4-8-13/h1-10,16H,11-12H2/t16-/m1/s1. The Balaban J connectivity index is 2.00.